The van der Waals surface area contributed by atoms with Crippen LogP contribution in [-0.2, 0) is 0 Å². The highest BCUT2D eigenvalue weighted by Gasteiger charge is 2.17. The Kier molecular flexibility index (Phi) is 7.98. The molecule has 6 nitrogen and oxygen atoms in total. The van der Waals surface area contributed by atoms with Crippen LogP contribution in [0.25, 0.3) is 44.4 Å². The molecular weight excluding hydrogens is 587 g/mol. The summed E-state index contributed by atoms with van der Waals surface area (Å²) in [6.45, 7) is 8.81. The van der Waals surface area contributed by atoms with Crippen LogP contribution in [0.5, 0.6) is 17.2 Å². The Hall–Kier alpha value is -5.43. The third kappa shape index (κ3) is 5.74. The van der Waals surface area contributed by atoms with Crippen LogP contribution in [0, 0.1) is 19.7 Å². The first-order valence-electron chi connectivity index (χ1n) is 16.0. The molecule has 3 heterocycles. The summed E-state index contributed by atoms with van der Waals surface area (Å²) in [7, 11) is 1.64. The van der Waals surface area contributed by atoms with Crippen LogP contribution in [-0.4, -0.2) is 26.4 Å². The van der Waals surface area contributed by atoms with Gasteiger partial charge >= 0.3 is 0 Å². The van der Waals surface area contributed by atoms with E-state index in [1.165, 1.54) is 28.8 Å². The molecule has 7 rings (SSSR count). The highest BCUT2D eigenvalue weighted by atomic mass is 19.1. The Morgan fingerprint density at radius 1 is 0.830 bits per heavy atom. The third-order valence-electron chi connectivity index (χ3n) is 8.90. The van der Waals surface area contributed by atoms with Gasteiger partial charge in [-0.15, -0.1) is 0 Å². The summed E-state index contributed by atoms with van der Waals surface area (Å²) in [5, 5.41) is 6.77. The molecule has 0 amide bonds. The molecule has 0 N–H and O–H groups in total. The molecule has 1 unspecified atom stereocenters. The molecule has 4 aromatic carbocycles. The molecule has 0 aliphatic heterocycles. The van der Waals surface area contributed by atoms with Gasteiger partial charge in [0, 0.05) is 53.0 Å². The van der Waals surface area contributed by atoms with E-state index in [1.807, 2.05) is 54.9 Å². The minimum Gasteiger partial charge on any atom is -0.497 e. The Bertz CT molecular complexity index is 2230. The van der Waals surface area contributed by atoms with Gasteiger partial charge in [0.2, 0.25) is 0 Å². The van der Waals surface area contributed by atoms with Gasteiger partial charge in [-0.25, -0.2) is 14.1 Å². The van der Waals surface area contributed by atoms with Crippen molar-refractivity contribution in [2.45, 2.75) is 46.5 Å². The van der Waals surface area contributed by atoms with Crippen LogP contribution in [0.2, 0.25) is 0 Å². The number of halogens is 1. The van der Waals surface area contributed by atoms with E-state index in [0.29, 0.717) is 28.9 Å². The number of rotatable bonds is 9. The summed E-state index contributed by atoms with van der Waals surface area (Å²) in [6.07, 6.45) is 7.85. The van der Waals surface area contributed by atoms with Crippen molar-refractivity contribution in [3.05, 3.63) is 126 Å². The number of aryl methyl sites for hydroxylation is 2. The quantitative estimate of drug-likeness (QED) is 0.160. The van der Waals surface area contributed by atoms with Crippen LogP contribution < -0.4 is 9.47 Å². The topological polar surface area (TPSA) is 54.1 Å². The normalized spacial score (nSPS) is 12.1. The van der Waals surface area contributed by atoms with E-state index in [4.69, 9.17) is 9.47 Å². The SMILES string of the molecule is CCCC(C)c1cc(C)c(-c2cnn(-c3cc(F)cc(Oc4ccc5c6ccccc6n(-c6cc(OC)ccn6)c5c4)c3)c2)c(C)c1. The van der Waals surface area contributed by atoms with Crippen molar-refractivity contribution < 1.29 is 13.9 Å². The van der Waals surface area contributed by atoms with E-state index in [2.05, 4.69) is 66.6 Å². The van der Waals surface area contributed by atoms with Crippen LogP contribution in [0.4, 0.5) is 4.39 Å². The highest BCUT2D eigenvalue weighted by Crippen LogP contribution is 2.36. The molecule has 0 aliphatic rings. The average Bonchev–Trinajstić information content (AvgIpc) is 3.67. The lowest BCUT2D eigenvalue weighted by Gasteiger charge is -2.16. The van der Waals surface area contributed by atoms with E-state index in [9.17, 15) is 0 Å². The van der Waals surface area contributed by atoms with Crippen molar-refractivity contribution in [3.8, 4) is 39.9 Å². The number of fused-ring (bicyclic) bond motifs is 3. The molecule has 0 saturated carbocycles. The molecule has 1 atom stereocenters. The molecule has 3 aromatic heterocycles. The number of hydrogen-bond acceptors (Lipinski definition) is 4. The van der Waals surface area contributed by atoms with Gasteiger partial charge in [-0.05, 0) is 78.8 Å². The minimum absolute atomic E-state index is 0.375. The predicted octanol–water partition coefficient (Wildman–Crippen LogP) is 10.5. The average molecular weight is 625 g/mol. The largest absolute Gasteiger partial charge is 0.497 e. The minimum atomic E-state index is -0.410. The number of para-hydroxylation sites is 1. The maximum absolute atomic E-state index is 15.1. The lowest BCUT2D eigenvalue weighted by molar-refractivity contribution is 0.414. The fourth-order valence-electron chi connectivity index (χ4n) is 6.71. The van der Waals surface area contributed by atoms with Crippen LogP contribution in [0.1, 0.15) is 49.3 Å². The maximum Gasteiger partial charge on any atom is 0.141 e. The number of hydrogen-bond donors (Lipinski definition) is 0. The first-order chi connectivity index (χ1) is 22.8. The molecule has 0 aliphatic carbocycles. The molecule has 0 radical (unpaired) electrons. The number of aromatic nitrogens is 4. The number of nitrogens with zero attached hydrogens (tertiary/aromatic N) is 4. The summed E-state index contributed by atoms with van der Waals surface area (Å²) in [6, 6.07) is 27.1. The fraction of sp³-hybridized carbons (Fsp3) is 0.200. The Morgan fingerprint density at radius 2 is 1.62 bits per heavy atom. The molecule has 0 fully saturated rings. The second-order valence-electron chi connectivity index (χ2n) is 12.2. The first-order valence-corrected chi connectivity index (χ1v) is 16.0. The van der Waals surface area contributed by atoms with E-state index < -0.39 is 5.82 Å². The van der Waals surface area contributed by atoms with Gasteiger partial charge in [0.15, 0.2) is 0 Å². The molecular formula is C40H37FN4O2. The van der Waals surface area contributed by atoms with Crippen molar-refractivity contribution in [2.75, 3.05) is 7.11 Å². The lowest BCUT2D eigenvalue weighted by atomic mass is 9.89. The van der Waals surface area contributed by atoms with Gasteiger partial charge in [-0.2, -0.15) is 5.10 Å². The monoisotopic (exact) mass is 624 g/mol. The zero-order chi connectivity index (χ0) is 32.7. The lowest BCUT2D eigenvalue weighted by Crippen LogP contribution is -1.98. The van der Waals surface area contributed by atoms with Crippen molar-refractivity contribution in [2.24, 2.45) is 0 Å². The van der Waals surface area contributed by atoms with Crippen LogP contribution in [0.3, 0.4) is 0 Å². The summed E-state index contributed by atoms with van der Waals surface area (Å²) in [4.78, 5) is 4.64. The van der Waals surface area contributed by atoms with Gasteiger partial charge in [0.05, 0.1) is 30.0 Å². The molecule has 47 heavy (non-hydrogen) atoms. The predicted molar refractivity (Wildman–Crippen MR) is 187 cm³/mol. The first kappa shape index (κ1) is 30.2. The summed E-state index contributed by atoms with van der Waals surface area (Å²) >= 11 is 0. The van der Waals surface area contributed by atoms with Crippen molar-refractivity contribution in [1.82, 2.24) is 19.3 Å². The second-order valence-corrected chi connectivity index (χ2v) is 12.2. The fourth-order valence-corrected chi connectivity index (χ4v) is 6.71. The number of ether oxygens (including phenoxy) is 2. The van der Waals surface area contributed by atoms with Crippen molar-refractivity contribution in [3.63, 3.8) is 0 Å². The van der Waals surface area contributed by atoms with Gasteiger partial charge in [-0.1, -0.05) is 50.6 Å². The number of pyridine rings is 1. The standard InChI is InChI=1S/C40H37FN4O2/c1-6-9-25(2)28-16-26(3)40(27(4)17-28)29-23-43-44(24-29)31-18-30(41)19-34(20-31)47-33-12-13-36-35-10-7-8-11-37(35)45(38(36)21-33)39-22-32(46-5)14-15-42-39/h7-8,10-25H,6,9H2,1-5H3. The molecule has 7 aromatic rings. The Labute approximate surface area is 274 Å². The Balaban J connectivity index is 1.23. The number of benzene rings is 4. The van der Waals surface area contributed by atoms with E-state index in [1.54, 1.807) is 24.1 Å². The van der Waals surface area contributed by atoms with Gasteiger partial charge in [0.25, 0.3) is 0 Å². The third-order valence-corrected chi connectivity index (χ3v) is 8.90. The van der Waals surface area contributed by atoms with Gasteiger partial charge in [0.1, 0.15) is 28.9 Å². The molecule has 236 valence electrons. The molecule has 0 spiro atoms. The van der Waals surface area contributed by atoms with Crippen LogP contribution in [0.15, 0.2) is 104 Å². The van der Waals surface area contributed by atoms with Gasteiger partial charge < -0.3 is 9.47 Å². The van der Waals surface area contributed by atoms with Crippen LogP contribution >= 0.6 is 0 Å². The van der Waals surface area contributed by atoms with E-state index in [0.717, 1.165) is 51.6 Å². The Morgan fingerprint density at radius 3 is 2.40 bits per heavy atom. The molecule has 0 bridgehead atoms. The summed E-state index contributed by atoms with van der Waals surface area (Å²) in [5.74, 6) is 2.50. The summed E-state index contributed by atoms with van der Waals surface area (Å²) < 4.78 is 30.6. The van der Waals surface area contributed by atoms with E-state index >= 15 is 4.39 Å². The van der Waals surface area contributed by atoms with E-state index in [-0.39, 0.29) is 0 Å². The highest BCUT2D eigenvalue weighted by molar-refractivity contribution is 6.09. The zero-order valence-corrected chi connectivity index (χ0v) is 27.3. The molecule has 0 saturated heterocycles. The van der Waals surface area contributed by atoms with Crippen molar-refractivity contribution >= 4 is 21.8 Å². The summed E-state index contributed by atoms with van der Waals surface area (Å²) in [5.41, 5.74) is 8.44. The maximum atomic E-state index is 15.1. The van der Waals surface area contributed by atoms with Crippen molar-refractivity contribution in [1.29, 1.82) is 0 Å². The number of methoxy groups -OCH3 is 1. The zero-order valence-electron chi connectivity index (χ0n) is 27.3. The molecule has 7 heteroatoms. The smallest absolute Gasteiger partial charge is 0.141 e. The van der Waals surface area contributed by atoms with Gasteiger partial charge in [-0.3, -0.25) is 4.57 Å². The second kappa shape index (κ2) is 12.4.